The van der Waals surface area contributed by atoms with Crippen molar-refractivity contribution in [3.8, 4) is 0 Å². The summed E-state index contributed by atoms with van der Waals surface area (Å²) in [6, 6.07) is 0. The van der Waals surface area contributed by atoms with E-state index in [9.17, 15) is 14.7 Å². The second-order valence-electron chi connectivity index (χ2n) is 5.44. The molecule has 2 saturated carbocycles. The largest absolute Gasteiger partial charge is 0.481 e. The highest BCUT2D eigenvalue weighted by atomic mass is 16.4. The summed E-state index contributed by atoms with van der Waals surface area (Å²) < 4.78 is 0. The fourth-order valence-corrected chi connectivity index (χ4v) is 3.53. The van der Waals surface area contributed by atoms with Crippen molar-refractivity contribution in [2.24, 2.45) is 23.2 Å². The van der Waals surface area contributed by atoms with Crippen molar-refractivity contribution < 1.29 is 14.7 Å². The average molecular weight is 210 g/mol. The van der Waals surface area contributed by atoms with E-state index in [2.05, 4.69) is 6.92 Å². The Morgan fingerprint density at radius 3 is 2.33 bits per heavy atom. The van der Waals surface area contributed by atoms with Gasteiger partial charge in [0.15, 0.2) is 0 Å². The Balaban J connectivity index is 2.27. The smallest absolute Gasteiger partial charge is 0.307 e. The molecule has 0 aliphatic heterocycles. The van der Waals surface area contributed by atoms with Gasteiger partial charge in [0.05, 0.1) is 5.92 Å². The van der Waals surface area contributed by atoms with Crippen LogP contribution in [0.25, 0.3) is 0 Å². The standard InChI is InChI=1S/C12H18O3/c1-7-5-9(11(14)15)10(8(2)13)12(6-7)3-4-12/h7,9-10H,3-6H2,1-2H3,(H,14,15). The van der Waals surface area contributed by atoms with Gasteiger partial charge in [0.25, 0.3) is 0 Å². The van der Waals surface area contributed by atoms with Crippen LogP contribution >= 0.6 is 0 Å². The van der Waals surface area contributed by atoms with Crippen LogP contribution in [0, 0.1) is 23.2 Å². The van der Waals surface area contributed by atoms with Crippen LogP contribution in [-0.4, -0.2) is 16.9 Å². The van der Waals surface area contributed by atoms with Crippen LogP contribution in [0.15, 0.2) is 0 Å². The van der Waals surface area contributed by atoms with Crippen LogP contribution in [0.2, 0.25) is 0 Å². The van der Waals surface area contributed by atoms with Gasteiger partial charge in [0.2, 0.25) is 0 Å². The van der Waals surface area contributed by atoms with Gasteiger partial charge >= 0.3 is 5.97 Å². The van der Waals surface area contributed by atoms with Crippen LogP contribution < -0.4 is 0 Å². The van der Waals surface area contributed by atoms with E-state index < -0.39 is 11.9 Å². The lowest BCUT2D eigenvalue weighted by molar-refractivity contribution is -0.151. The van der Waals surface area contributed by atoms with Crippen molar-refractivity contribution >= 4 is 11.8 Å². The molecule has 0 aromatic heterocycles. The second kappa shape index (κ2) is 3.32. The first-order chi connectivity index (χ1) is 6.96. The van der Waals surface area contributed by atoms with Crippen LogP contribution in [0.1, 0.15) is 39.5 Å². The minimum absolute atomic E-state index is 0.0621. The fraction of sp³-hybridized carbons (Fsp3) is 0.833. The molecule has 0 saturated heterocycles. The summed E-state index contributed by atoms with van der Waals surface area (Å²) in [7, 11) is 0. The number of carbonyl (C=O) groups is 2. The molecule has 0 aromatic rings. The normalized spacial score (nSPS) is 37.6. The number of Topliss-reactive ketones (excluding diaryl/α,β-unsaturated/α-hetero) is 1. The van der Waals surface area contributed by atoms with Crippen molar-refractivity contribution in [3.63, 3.8) is 0 Å². The van der Waals surface area contributed by atoms with Crippen molar-refractivity contribution in [3.05, 3.63) is 0 Å². The topological polar surface area (TPSA) is 54.4 Å². The zero-order valence-electron chi connectivity index (χ0n) is 9.32. The molecule has 1 spiro atoms. The number of hydrogen-bond acceptors (Lipinski definition) is 2. The molecule has 84 valence electrons. The lowest BCUT2D eigenvalue weighted by Gasteiger charge is -2.38. The molecule has 2 fully saturated rings. The van der Waals surface area contributed by atoms with Crippen LogP contribution in [0.3, 0.4) is 0 Å². The molecule has 0 amide bonds. The quantitative estimate of drug-likeness (QED) is 0.759. The molecule has 3 heteroatoms. The lowest BCUT2D eigenvalue weighted by Crippen LogP contribution is -2.41. The van der Waals surface area contributed by atoms with E-state index in [1.807, 2.05) is 0 Å². The van der Waals surface area contributed by atoms with Gasteiger partial charge in [-0.25, -0.2) is 0 Å². The van der Waals surface area contributed by atoms with Crippen LogP contribution in [0.4, 0.5) is 0 Å². The molecule has 3 atom stereocenters. The van der Waals surface area contributed by atoms with Gasteiger partial charge in [-0.3, -0.25) is 9.59 Å². The summed E-state index contributed by atoms with van der Waals surface area (Å²) in [5.74, 6) is -0.913. The van der Waals surface area contributed by atoms with E-state index in [0.29, 0.717) is 12.3 Å². The highest BCUT2D eigenvalue weighted by Crippen LogP contribution is 2.62. The van der Waals surface area contributed by atoms with Gasteiger partial charge in [0, 0.05) is 5.92 Å². The number of aliphatic carboxylic acids is 1. The second-order valence-corrected chi connectivity index (χ2v) is 5.44. The van der Waals surface area contributed by atoms with E-state index in [0.717, 1.165) is 19.3 Å². The van der Waals surface area contributed by atoms with E-state index in [4.69, 9.17) is 0 Å². The molecule has 2 aliphatic rings. The molecular formula is C12H18O3. The first-order valence-electron chi connectivity index (χ1n) is 5.69. The third-order valence-corrected chi connectivity index (χ3v) is 4.12. The molecule has 2 aliphatic carbocycles. The van der Waals surface area contributed by atoms with Crippen molar-refractivity contribution in [1.82, 2.24) is 0 Å². The zero-order chi connectivity index (χ0) is 11.2. The van der Waals surface area contributed by atoms with Crippen molar-refractivity contribution in [2.75, 3.05) is 0 Å². The lowest BCUT2D eigenvalue weighted by atomic mass is 9.64. The van der Waals surface area contributed by atoms with Gasteiger partial charge in [0.1, 0.15) is 5.78 Å². The van der Waals surface area contributed by atoms with Gasteiger partial charge < -0.3 is 5.11 Å². The monoisotopic (exact) mass is 210 g/mol. The van der Waals surface area contributed by atoms with E-state index in [1.54, 1.807) is 6.92 Å². The molecular weight excluding hydrogens is 192 g/mol. The Labute approximate surface area is 89.9 Å². The Bertz CT molecular complexity index is 304. The SMILES string of the molecule is CC(=O)C1C(C(=O)O)CC(C)CC12CC2. The van der Waals surface area contributed by atoms with Gasteiger partial charge in [-0.2, -0.15) is 0 Å². The molecule has 1 N–H and O–H groups in total. The predicted octanol–water partition coefficient (Wildman–Crippen LogP) is 2.10. The molecule has 0 aromatic carbocycles. The number of ketones is 1. The average Bonchev–Trinajstić information content (AvgIpc) is 2.82. The number of rotatable bonds is 2. The van der Waals surface area contributed by atoms with Crippen LogP contribution in [0.5, 0.6) is 0 Å². The number of carboxylic acids is 1. The molecule has 2 rings (SSSR count). The summed E-state index contributed by atoms with van der Waals surface area (Å²) in [6.07, 6.45) is 3.80. The van der Waals surface area contributed by atoms with Gasteiger partial charge in [-0.15, -0.1) is 0 Å². The summed E-state index contributed by atoms with van der Waals surface area (Å²) >= 11 is 0. The van der Waals surface area contributed by atoms with Crippen molar-refractivity contribution in [2.45, 2.75) is 39.5 Å². The Morgan fingerprint density at radius 1 is 1.33 bits per heavy atom. The summed E-state index contributed by atoms with van der Waals surface area (Å²) in [6.45, 7) is 3.66. The first kappa shape index (κ1) is 10.7. The maximum Gasteiger partial charge on any atom is 0.307 e. The van der Waals surface area contributed by atoms with Gasteiger partial charge in [-0.05, 0) is 43.9 Å². The summed E-state index contributed by atoms with van der Waals surface area (Å²) in [5.41, 5.74) is 0.0621. The summed E-state index contributed by atoms with van der Waals surface area (Å²) in [4.78, 5) is 22.8. The maximum absolute atomic E-state index is 11.6. The molecule has 0 heterocycles. The highest BCUT2D eigenvalue weighted by Gasteiger charge is 2.58. The Morgan fingerprint density at radius 2 is 1.93 bits per heavy atom. The zero-order valence-corrected chi connectivity index (χ0v) is 9.32. The number of carbonyl (C=O) groups excluding carboxylic acids is 1. The summed E-state index contributed by atoms with van der Waals surface area (Å²) in [5, 5.41) is 9.18. The third kappa shape index (κ3) is 1.68. The van der Waals surface area contributed by atoms with Crippen LogP contribution in [-0.2, 0) is 9.59 Å². The first-order valence-corrected chi connectivity index (χ1v) is 5.69. The number of hydrogen-bond donors (Lipinski definition) is 1. The van der Waals surface area contributed by atoms with E-state index in [1.165, 1.54) is 0 Å². The number of carboxylic acid groups (broad SMARTS) is 1. The van der Waals surface area contributed by atoms with E-state index >= 15 is 0 Å². The molecule has 0 radical (unpaired) electrons. The minimum atomic E-state index is -0.784. The molecule has 3 nitrogen and oxygen atoms in total. The third-order valence-electron chi connectivity index (χ3n) is 4.12. The Hall–Kier alpha value is -0.860. The van der Waals surface area contributed by atoms with Gasteiger partial charge in [-0.1, -0.05) is 6.92 Å². The molecule has 0 bridgehead atoms. The van der Waals surface area contributed by atoms with E-state index in [-0.39, 0.29) is 17.1 Å². The van der Waals surface area contributed by atoms with Crippen molar-refractivity contribution in [1.29, 1.82) is 0 Å². The molecule has 3 unspecified atom stereocenters. The fourth-order valence-electron chi connectivity index (χ4n) is 3.53. The predicted molar refractivity (Wildman–Crippen MR) is 55.4 cm³/mol. The highest BCUT2D eigenvalue weighted by molar-refractivity contribution is 5.86. The Kier molecular flexibility index (Phi) is 2.36. The minimum Gasteiger partial charge on any atom is -0.481 e. The molecule has 15 heavy (non-hydrogen) atoms. The maximum atomic E-state index is 11.6.